The van der Waals surface area contributed by atoms with Gasteiger partial charge in [-0.3, -0.25) is 13.7 Å². The molecule has 2 unspecified atom stereocenters. The topological polar surface area (TPSA) is 178 Å². The van der Waals surface area contributed by atoms with E-state index in [1.54, 1.807) is 0 Å². The van der Waals surface area contributed by atoms with Gasteiger partial charge in [0.25, 0.3) is 0 Å². The van der Waals surface area contributed by atoms with E-state index in [0.29, 0.717) is 0 Å². The van der Waals surface area contributed by atoms with Gasteiger partial charge in [-0.05, 0) is 6.42 Å². The molecule has 0 aliphatic carbocycles. The van der Waals surface area contributed by atoms with Crippen LogP contribution < -0.4 is 5.73 Å². The average Bonchev–Trinajstić information content (AvgIpc) is 1.98. The minimum atomic E-state index is -4.41. The largest absolute Gasteiger partial charge is 0.348 e. The van der Waals surface area contributed by atoms with Crippen LogP contribution in [0.2, 0.25) is 0 Å². The lowest BCUT2D eigenvalue weighted by Gasteiger charge is -2.12. The van der Waals surface area contributed by atoms with Crippen LogP contribution in [0.1, 0.15) is 6.42 Å². The summed E-state index contributed by atoms with van der Waals surface area (Å²) >= 11 is 0. The quantitative estimate of drug-likeness (QED) is 0.341. The summed E-state index contributed by atoms with van der Waals surface area (Å²) in [6.07, 6.45) is -1.01. The van der Waals surface area contributed by atoms with Crippen LogP contribution in [-0.2, 0) is 13.7 Å². The number of hydrogen-bond donors (Lipinski definition) is 6. The molecular weight excluding hydrogens is 271 g/mol. The van der Waals surface area contributed by atoms with Gasteiger partial charge in [0.05, 0.1) is 6.16 Å². The zero-order valence-electron chi connectivity index (χ0n) is 7.50. The molecule has 0 fully saturated rings. The highest BCUT2D eigenvalue weighted by Gasteiger charge is 2.27. The third-order valence-electron chi connectivity index (χ3n) is 1.15. The van der Waals surface area contributed by atoms with E-state index in [2.05, 4.69) is 0 Å². The molecule has 94 valence electrons. The van der Waals surface area contributed by atoms with Gasteiger partial charge in [0.2, 0.25) is 0 Å². The van der Waals surface area contributed by atoms with Gasteiger partial charge < -0.3 is 30.2 Å². The zero-order valence-corrected chi connectivity index (χ0v) is 10.4. The van der Waals surface area contributed by atoms with Gasteiger partial charge >= 0.3 is 15.2 Å². The molecule has 0 aromatic carbocycles. The van der Waals surface area contributed by atoms with E-state index in [9.17, 15) is 9.13 Å². The fourth-order valence-electron chi connectivity index (χ4n) is 0.469. The maximum atomic E-state index is 10.4. The van der Waals surface area contributed by atoms with Crippen molar-refractivity contribution in [3.8, 4) is 0 Å². The molecule has 12 heteroatoms. The second-order valence-corrected chi connectivity index (χ2v) is 6.27. The molecule has 0 aliphatic rings. The Hall–Kier alpha value is 0.450. The normalized spacial score (nSPS) is 14.8. The van der Waals surface area contributed by atoms with E-state index in [1.165, 1.54) is 0 Å². The molecule has 0 rings (SSSR count). The first-order chi connectivity index (χ1) is 6.54. The highest BCUT2D eigenvalue weighted by atomic mass is 31.2. The van der Waals surface area contributed by atoms with Crippen molar-refractivity contribution in [3.63, 3.8) is 0 Å². The van der Waals surface area contributed by atoms with E-state index < -0.39 is 42.2 Å². The summed E-state index contributed by atoms with van der Waals surface area (Å²) in [6.45, 7) is 0. The van der Waals surface area contributed by atoms with Gasteiger partial charge in [-0.2, -0.15) is 0 Å². The van der Waals surface area contributed by atoms with Crippen LogP contribution in [0.25, 0.3) is 0 Å². The number of rotatable bonds is 4. The molecule has 0 bridgehead atoms. The van der Waals surface area contributed by atoms with E-state index in [4.69, 9.17) is 34.8 Å². The van der Waals surface area contributed by atoms with E-state index in [-0.39, 0.29) is 0 Å². The van der Waals surface area contributed by atoms with Gasteiger partial charge in [0.15, 0.2) is 8.69 Å². The molecule has 7 N–H and O–H groups in total. The van der Waals surface area contributed by atoms with E-state index in [1.807, 2.05) is 0 Å². The Balaban J connectivity index is 0. The molecule has 0 heterocycles. The fraction of sp³-hybridized carbons (Fsp3) is 1.00. The first kappa shape index (κ1) is 17.8. The molecule has 9 nitrogen and oxygen atoms in total. The Labute approximate surface area is 86.9 Å². The van der Waals surface area contributed by atoms with Gasteiger partial charge in [-0.25, -0.2) is 0 Å². The molecule has 2 atom stereocenters. The van der Waals surface area contributed by atoms with Crippen LogP contribution in [0.3, 0.4) is 0 Å². The predicted octanol–water partition coefficient (Wildman–Crippen LogP) is -1.33. The number of hydrogen-bond acceptors (Lipinski definition) is 4. The molecule has 0 amide bonds. The second kappa shape index (κ2) is 7.68. The Morgan fingerprint density at radius 3 is 1.73 bits per heavy atom. The van der Waals surface area contributed by atoms with E-state index in [0.717, 1.165) is 0 Å². The standard InChI is InChI=1S/C3H11NO6P2.H3O2P/c4-3(12(8,9)10)1-2-11(5,6)7;1-3-2/h3H,1-2,4H2,(H2,5,6,7)(H2,8,9,10);3H2,(H,1,2). The summed E-state index contributed by atoms with van der Waals surface area (Å²) in [4.78, 5) is 40.6. The highest BCUT2D eigenvalue weighted by Crippen LogP contribution is 2.43. The SMILES string of the molecule is NC(CCP(=O)(O)O)P(=O)(O)O.O=[PH2]O. The fourth-order valence-corrected chi connectivity index (χ4v) is 1.75. The van der Waals surface area contributed by atoms with Crippen molar-refractivity contribution in [2.24, 2.45) is 5.73 Å². The third-order valence-corrected chi connectivity index (χ3v) is 3.11. The highest BCUT2D eigenvalue weighted by molar-refractivity contribution is 7.53. The molecule has 0 saturated heterocycles. The lowest BCUT2D eigenvalue weighted by Crippen LogP contribution is -2.21. The first-order valence-electron chi connectivity index (χ1n) is 3.48. The molecule has 0 saturated carbocycles. The second-order valence-electron chi connectivity index (χ2n) is 2.44. The Bertz CT molecular complexity index is 268. The van der Waals surface area contributed by atoms with Crippen molar-refractivity contribution in [1.82, 2.24) is 0 Å². The van der Waals surface area contributed by atoms with Crippen LogP contribution in [0.4, 0.5) is 0 Å². The summed E-state index contributed by atoms with van der Waals surface area (Å²) < 4.78 is 29.2. The Morgan fingerprint density at radius 2 is 1.53 bits per heavy atom. The van der Waals surface area contributed by atoms with Gasteiger partial charge in [-0.1, -0.05) is 0 Å². The zero-order chi connectivity index (χ0) is 12.7. The van der Waals surface area contributed by atoms with Crippen molar-refractivity contribution >= 4 is 23.9 Å². The average molecular weight is 285 g/mol. The van der Waals surface area contributed by atoms with Crippen LogP contribution in [0, 0.1) is 0 Å². The molecule has 0 aliphatic heterocycles. The van der Waals surface area contributed by atoms with Gasteiger partial charge in [-0.15, -0.1) is 0 Å². The van der Waals surface area contributed by atoms with Crippen molar-refractivity contribution in [3.05, 3.63) is 0 Å². The van der Waals surface area contributed by atoms with Crippen LogP contribution >= 0.6 is 23.9 Å². The number of nitrogens with two attached hydrogens (primary N) is 1. The van der Waals surface area contributed by atoms with Crippen molar-refractivity contribution in [2.75, 3.05) is 6.16 Å². The minimum absolute atomic E-state index is 0.394. The summed E-state index contributed by atoms with van der Waals surface area (Å²) in [7, 11) is -10.1. The molecule has 0 spiro atoms. The maximum absolute atomic E-state index is 10.4. The minimum Gasteiger partial charge on any atom is -0.348 e. The first-order valence-corrected chi connectivity index (χ1v) is 7.94. The van der Waals surface area contributed by atoms with E-state index >= 15 is 0 Å². The van der Waals surface area contributed by atoms with Crippen molar-refractivity contribution in [1.29, 1.82) is 0 Å². The lowest BCUT2D eigenvalue weighted by atomic mass is 10.5. The third kappa shape index (κ3) is 14.5. The monoisotopic (exact) mass is 285 g/mol. The van der Waals surface area contributed by atoms with Gasteiger partial charge in [0.1, 0.15) is 5.78 Å². The summed E-state index contributed by atoms with van der Waals surface area (Å²) in [5.74, 6) is -1.50. The predicted molar refractivity (Wildman–Crippen MR) is 54.2 cm³/mol. The molecule has 15 heavy (non-hydrogen) atoms. The summed E-state index contributed by atoms with van der Waals surface area (Å²) in [6, 6.07) is 0. The van der Waals surface area contributed by atoms with Crippen LogP contribution in [0.15, 0.2) is 0 Å². The van der Waals surface area contributed by atoms with Crippen LogP contribution in [-0.4, -0.2) is 36.4 Å². The van der Waals surface area contributed by atoms with Crippen LogP contribution in [0.5, 0.6) is 0 Å². The lowest BCUT2D eigenvalue weighted by molar-refractivity contribution is 0.352. The smallest absolute Gasteiger partial charge is 0.342 e. The maximum Gasteiger partial charge on any atom is 0.342 e. The molecule has 0 radical (unpaired) electrons. The van der Waals surface area contributed by atoms with Crippen molar-refractivity contribution in [2.45, 2.75) is 12.2 Å². The molecule has 0 aromatic rings. The molecular formula is C3H14NO8P3. The Morgan fingerprint density at radius 1 is 1.20 bits per heavy atom. The van der Waals surface area contributed by atoms with Crippen molar-refractivity contribution < 1.29 is 38.2 Å². The Kier molecular flexibility index (Phi) is 9.13. The molecule has 0 aromatic heterocycles. The summed E-state index contributed by atoms with van der Waals surface area (Å²) in [5.41, 5.74) is 4.95. The summed E-state index contributed by atoms with van der Waals surface area (Å²) in [5, 5.41) is 0. The van der Waals surface area contributed by atoms with Gasteiger partial charge in [0, 0.05) is 0 Å².